The molecule has 3 nitrogen and oxygen atoms in total. The summed E-state index contributed by atoms with van der Waals surface area (Å²) in [6.45, 7) is 0. The van der Waals surface area contributed by atoms with Crippen LogP contribution in [0.5, 0.6) is 0 Å². The first-order valence-corrected chi connectivity index (χ1v) is 4.72. The molecule has 0 atom stereocenters. The smallest absolute Gasteiger partial charge is 0.140 e. The van der Waals surface area contributed by atoms with E-state index in [-0.39, 0.29) is 0 Å². The maximum atomic E-state index is 6.00. The van der Waals surface area contributed by atoms with E-state index in [1.807, 2.05) is 6.07 Å². The second-order valence-electron chi connectivity index (χ2n) is 3.41. The largest absolute Gasteiger partial charge is 0.277 e. The number of nitrogens with zero attached hydrogens (tertiary/aromatic N) is 2. The second-order valence-corrected chi connectivity index (χ2v) is 3.77. The van der Waals surface area contributed by atoms with Gasteiger partial charge in [0.15, 0.2) is 0 Å². The average molecular weight is 194 g/mol. The van der Waals surface area contributed by atoms with E-state index in [0.29, 0.717) is 11.1 Å². The Balaban J connectivity index is 2.34. The van der Waals surface area contributed by atoms with Crippen LogP contribution < -0.4 is 0 Å². The molecular formula is C9H8ClN3. The van der Waals surface area contributed by atoms with Gasteiger partial charge in [0.25, 0.3) is 0 Å². The van der Waals surface area contributed by atoms with E-state index in [2.05, 4.69) is 15.2 Å². The van der Waals surface area contributed by atoms with E-state index in [1.165, 1.54) is 12.8 Å². The summed E-state index contributed by atoms with van der Waals surface area (Å²) < 4.78 is 0. The van der Waals surface area contributed by atoms with Gasteiger partial charge < -0.3 is 0 Å². The number of rotatable bonds is 1. The van der Waals surface area contributed by atoms with Gasteiger partial charge >= 0.3 is 0 Å². The van der Waals surface area contributed by atoms with E-state index >= 15 is 0 Å². The monoisotopic (exact) mass is 193 g/mol. The maximum absolute atomic E-state index is 6.00. The molecule has 0 radical (unpaired) electrons. The number of fused-ring (bicyclic) bond motifs is 1. The molecule has 0 saturated heterocycles. The van der Waals surface area contributed by atoms with Crippen LogP contribution in [0.1, 0.15) is 24.5 Å². The van der Waals surface area contributed by atoms with Crippen LogP contribution in [-0.2, 0) is 0 Å². The Morgan fingerprint density at radius 3 is 3.08 bits per heavy atom. The van der Waals surface area contributed by atoms with Gasteiger partial charge in [0, 0.05) is 12.1 Å². The van der Waals surface area contributed by atoms with Crippen molar-refractivity contribution in [3.05, 3.63) is 23.1 Å². The molecule has 0 aliphatic heterocycles. The first kappa shape index (κ1) is 7.33. The zero-order valence-electron chi connectivity index (χ0n) is 6.92. The Morgan fingerprint density at radius 2 is 2.31 bits per heavy atom. The average Bonchev–Trinajstić information content (AvgIpc) is 2.87. The molecule has 66 valence electrons. The Hall–Kier alpha value is -1.09. The van der Waals surface area contributed by atoms with E-state index in [4.69, 9.17) is 11.6 Å². The van der Waals surface area contributed by atoms with Gasteiger partial charge in [0.05, 0.1) is 16.6 Å². The quantitative estimate of drug-likeness (QED) is 0.707. The van der Waals surface area contributed by atoms with Crippen LogP contribution >= 0.6 is 11.6 Å². The van der Waals surface area contributed by atoms with Crippen LogP contribution in [0.4, 0.5) is 0 Å². The number of aromatic amines is 1. The lowest BCUT2D eigenvalue weighted by Crippen LogP contribution is -1.81. The topological polar surface area (TPSA) is 41.6 Å². The molecule has 4 heteroatoms. The van der Waals surface area contributed by atoms with Crippen LogP contribution in [-0.4, -0.2) is 15.2 Å². The van der Waals surface area contributed by atoms with Crippen molar-refractivity contribution >= 4 is 22.5 Å². The van der Waals surface area contributed by atoms with Gasteiger partial charge in [-0.05, 0) is 18.9 Å². The lowest BCUT2D eigenvalue weighted by atomic mass is 10.2. The normalized spacial score (nSPS) is 16.7. The molecule has 2 heterocycles. The van der Waals surface area contributed by atoms with Crippen molar-refractivity contribution in [2.45, 2.75) is 18.8 Å². The number of H-pyrrole nitrogens is 1. The number of pyridine rings is 1. The molecule has 1 N–H and O–H groups in total. The third-order valence-electron chi connectivity index (χ3n) is 2.42. The number of halogens is 1. The fourth-order valence-electron chi connectivity index (χ4n) is 1.60. The lowest BCUT2D eigenvalue weighted by molar-refractivity contribution is 0.978. The summed E-state index contributed by atoms with van der Waals surface area (Å²) in [5.74, 6) is 0.607. The van der Waals surface area contributed by atoms with Crippen LogP contribution in [0.15, 0.2) is 12.3 Å². The van der Waals surface area contributed by atoms with Gasteiger partial charge in [-0.15, -0.1) is 0 Å². The first-order valence-electron chi connectivity index (χ1n) is 4.35. The molecule has 1 aliphatic rings. The van der Waals surface area contributed by atoms with Crippen molar-refractivity contribution in [1.29, 1.82) is 0 Å². The summed E-state index contributed by atoms with van der Waals surface area (Å²) in [6, 6.07) is 1.90. The molecule has 0 bridgehead atoms. The Kier molecular flexibility index (Phi) is 1.38. The molecule has 0 unspecified atom stereocenters. The predicted octanol–water partition coefficient (Wildman–Crippen LogP) is 2.49. The lowest BCUT2D eigenvalue weighted by Gasteiger charge is -1.94. The molecule has 3 rings (SSSR count). The molecule has 2 aromatic rings. The zero-order valence-corrected chi connectivity index (χ0v) is 7.67. The van der Waals surface area contributed by atoms with Crippen molar-refractivity contribution in [3.8, 4) is 0 Å². The minimum absolute atomic E-state index is 0.563. The third-order valence-corrected chi connectivity index (χ3v) is 2.71. The van der Waals surface area contributed by atoms with Crippen molar-refractivity contribution in [2.24, 2.45) is 0 Å². The Bertz CT molecular complexity index is 459. The van der Waals surface area contributed by atoms with Crippen LogP contribution in [0.3, 0.4) is 0 Å². The van der Waals surface area contributed by atoms with E-state index in [0.717, 1.165) is 16.6 Å². The highest BCUT2D eigenvalue weighted by Crippen LogP contribution is 2.42. The minimum Gasteiger partial charge on any atom is -0.277 e. The highest BCUT2D eigenvalue weighted by Gasteiger charge is 2.28. The van der Waals surface area contributed by atoms with Crippen molar-refractivity contribution in [2.75, 3.05) is 0 Å². The summed E-state index contributed by atoms with van der Waals surface area (Å²) in [5, 5.41) is 8.81. The van der Waals surface area contributed by atoms with Crippen molar-refractivity contribution in [3.63, 3.8) is 0 Å². The highest BCUT2D eigenvalue weighted by atomic mass is 35.5. The molecular weight excluding hydrogens is 186 g/mol. The molecule has 13 heavy (non-hydrogen) atoms. The maximum Gasteiger partial charge on any atom is 0.140 e. The van der Waals surface area contributed by atoms with E-state index in [9.17, 15) is 0 Å². The summed E-state index contributed by atoms with van der Waals surface area (Å²) in [6.07, 6.45) is 4.15. The van der Waals surface area contributed by atoms with Crippen LogP contribution in [0.25, 0.3) is 10.9 Å². The summed E-state index contributed by atoms with van der Waals surface area (Å²) in [5.41, 5.74) is 2.08. The summed E-state index contributed by atoms with van der Waals surface area (Å²) in [7, 11) is 0. The zero-order chi connectivity index (χ0) is 8.84. The van der Waals surface area contributed by atoms with Crippen molar-refractivity contribution in [1.82, 2.24) is 15.2 Å². The Labute approximate surface area is 80.1 Å². The van der Waals surface area contributed by atoms with Crippen LogP contribution in [0, 0.1) is 0 Å². The predicted molar refractivity (Wildman–Crippen MR) is 50.9 cm³/mol. The summed E-state index contributed by atoms with van der Waals surface area (Å²) in [4.78, 5) is 4.06. The Morgan fingerprint density at radius 1 is 1.46 bits per heavy atom. The number of nitrogens with one attached hydrogen (secondary N) is 1. The standard InChI is InChI=1S/C9H8ClN3/c10-9-7-6(3-4-11-9)12-13-8(7)5-1-2-5/h3-5H,1-2H2,(H,12,13). The van der Waals surface area contributed by atoms with Crippen LogP contribution in [0.2, 0.25) is 5.15 Å². The number of hydrogen-bond acceptors (Lipinski definition) is 2. The number of aromatic nitrogens is 3. The molecule has 2 aromatic heterocycles. The number of hydrogen-bond donors (Lipinski definition) is 1. The molecule has 0 aromatic carbocycles. The second kappa shape index (κ2) is 2.45. The van der Waals surface area contributed by atoms with Gasteiger partial charge in [-0.3, -0.25) is 5.10 Å². The van der Waals surface area contributed by atoms with Crippen molar-refractivity contribution < 1.29 is 0 Å². The van der Waals surface area contributed by atoms with Gasteiger partial charge in [-0.2, -0.15) is 5.10 Å². The molecule has 1 aliphatic carbocycles. The SMILES string of the molecule is Clc1nccc2[nH]nc(C3CC3)c12. The molecule has 0 spiro atoms. The summed E-state index contributed by atoms with van der Waals surface area (Å²) >= 11 is 6.00. The molecule has 0 amide bonds. The minimum atomic E-state index is 0.563. The fourth-order valence-corrected chi connectivity index (χ4v) is 1.86. The molecule has 1 saturated carbocycles. The third kappa shape index (κ3) is 1.04. The molecule has 1 fully saturated rings. The van der Waals surface area contributed by atoms with E-state index in [1.54, 1.807) is 6.20 Å². The first-order chi connectivity index (χ1) is 6.36. The van der Waals surface area contributed by atoms with Gasteiger partial charge in [0.1, 0.15) is 5.15 Å². The van der Waals surface area contributed by atoms with Gasteiger partial charge in [-0.25, -0.2) is 4.98 Å². The fraction of sp³-hybridized carbons (Fsp3) is 0.333. The van der Waals surface area contributed by atoms with Gasteiger partial charge in [0.2, 0.25) is 0 Å². The highest BCUT2D eigenvalue weighted by molar-refractivity contribution is 6.34. The van der Waals surface area contributed by atoms with Gasteiger partial charge in [-0.1, -0.05) is 11.6 Å². The van der Waals surface area contributed by atoms with E-state index < -0.39 is 0 Å².